The molecule has 1 aromatic heterocycles. The molecular weight excluding hydrogens is 398 g/mol. The summed E-state index contributed by atoms with van der Waals surface area (Å²) < 4.78 is 17.5. The van der Waals surface area contributed by atoms with E-state index in [4.69, 9.17) is 14.2 Å². The number of esters is 2. The Morgan fingerprint density at radius 2 is 1.74 bits per heavy atom. The normalized spacial score (nSPS) is 13.2. The van der Waals surface area contributed by atoms with Crippen LogP contribution >= 0.6 is 0 Å². The number of benzene rings is 1. The average molecular weight is 423 g/mol. The van der Waals surface area contributed by atoms with E-state index in [1.807, 2.05) is 24.7 Å². The van der Waals surface area contributed by atoms with Crippen LogP contribution in [-0.4, -0.2) is 35.9 Å². The molecule has 0 saturated heterocycles. The Bertz CT molecular complexity index is 1050. The van der Waals surface area contributed by atoms with Crippen molar-refractivity contribution in [2.75, 3.05) is 19.1 Å². The molecule has 8 heteroatoms. The van der Waals surface area contributed by atoms with Crippen molar-refractivity contribution in [1.82, 2.24) is 9.78 Å². The first kappa shape index (κ1) is 21.9. The summed E-state index contributed by atoms with van der Waals surface area (Å²) in [6.07, 6.45) is 8.55. The van der Waals surface area contributed by atoms with Crippen LogP contribution < -0.4 is 9.64 Å². The van der Waals surface area contributed by atoms with Crippen molar-refractivity contribution in [3.05, 3.63) is 77.4 Å². The van der Waals surface area contributed by atoms with Crippen LogP contribution in [0.25, 0.3) is 0 Å². The number of hydrogen-bond donors (Lipinski definition) is 0. The lowest BCUT2D eigenvalue weighted by Crippen LogP contribution is -2.26. The molecule has 0 saturated carbocycles. The van der Waals surface area contributed by atoms with Gasteiger partial charge in [0.05, 0.1) is 25.5 Å². The molecule has 0 amide bonds. The van der Waals surface area contributed by atoms with E-state index in [1.165, 1.54) is 20.3 Å². The van der Waals surface area contributed by atoms with Crippen LogP contribution in [0, 0.1) is 6.92 Å². The van der Waals surface area contributed by atoms with Gasteiger partial charge in [-0.1, -0.05) is 6.08 Å². The van der Waals surface area contributed by atoms with Gasteiger partial charge >= 0.3 is 11.9 Å². The monoisotopic (exact) mass is 423 g/mol. The highest BCUT2D eigenvalue weighted by atomic mass is 16.5. The smallest absolute Gasteiger partial charge is 0.355 e. The Labute approximate surface area is 181 Å². The first-order valence-electron chi connectivity index (χ1n) is 9.79. The van der Waals surface area contributed by atoms with Gasteiger partial charge in [-0.3, -0.25) is 4.68 Å². The van der Waals surface area contributed by atoms with Crippen LogP contribution in [-0.2, 0) is 32.2 Å². The lowest BCUT2D eigenvalue weighted by atomic mass is 10.1. The van der Waals surface area contributed by atoms with Gasteiger partial charge in [0.1, 0.15) is 18.1 Å². The highest BCUT2D eigenvalue weighted by Gasteiger charge is 2.27. The van der Waals surface area contributed by atoms with Crippen molar-refractivity contribution >= 4 is 17.6 Å². The molecule has 0 radical (unpaired) electrons. The van der Waals surface area contributed by atoms with E-state index in [2.05, 4.69) is 5.10 Å². The first-order valence-corrected chi connectivity index (χ1v) is 9.79. The number of anilines is 1. The fourth-order valence-electron chi connectivity index (χ4n) is 3.09. The van der Waals surface area contributed by atoms with Crippen LogP contribution in [0.1, 0.15) is 18.2 Å². The largest absolute Gasteiger partial charge is 0.489 e. The maximum atomic E-state index is 12.5. The van der Waals surface area contributed by atoms with Gasteiger partial charge < -0.3 is 19.1 Å². The molecule has 2 heterocycles. The summed E-state index contributed by atoms with van der Waals surface area (Å²) in [7, 11) is 2.53. The molecule has 8 nitrogen and oxygen atoms in total. The fraction of sp³-hybridized carbons (Fsp3) is 0.261. The minimum atomic E-state index is -0.652. The van der Waals surface area contributed by atoms with E-state index in [0.717, 1.165) is 17.8 Å². The standard InChI is InChI=1S/C23H25N3O5/c1-5-25-14-17(16(2)24-25)15-31-19-11-9-18(10-12-19)26-13-7-6-8-20(22(27)29-3)21(26)23(28)30-4/h6-14H,5,15H2,1-4H3. The Kier molecular flexibility index (Phi) is 6.92. The molecule has 0 fully saturated rings. The summed E-state index contributed by atoms with van der Waals surface area (Å²) in [4.78, 5) is 26.3. The molecule has 1 aromatic carbocycles. The zero-order chi connectivity index (χ0) is 22.4. The Morgan fingerprint density at radius 1 is 1.03 bits per heavy atom. The SMILES string of the molecule is CCn1cc(COc2ccc(N3C=CC=CC(C(=O)OC)=C3C(=O)OC)cc2)c(C)n1. The molecular formula is C23H25N3O5. The second kappa shape index (κ2) is 9.80. The highest BCUT2D eigenvalue weighted by molar-refractivity contribution is 6.05. The number of allylic oxidation sites excluding steroid dienone is 2. The topological polar surface area (TPSA) is 82.9 Å². The lowest BCUT2D eigenvalue weighted by molar-refractivity contribution is -0.139. The fourth-order valence-corrected chi connectivity index (χ4v) is 3.09. The van der Waals surface area contributed by atoms with E-state index >= 15 is 0 Å². The van der Waals surface area contributed by atoms with Gasteiger partial charge in [-0.15, -0.1) is 0 Å². The maximum absolute atomic E-state index is 12.5. The second-order valence-electron chi connectivity index (χ2n) is 6.69. The molecule has 162 valence electrons. The Hall–Kier alpha value is -3.81. The second-order valence-corrected chi connectivity index (χ2v) is 6.69. The molecule has 1 aliphatic rings. The van der Waals surface area contributed by atoms with Crippen molar-refractivity contribution in [1.29, 1.82) is 0 Å². The molecule has 0 aliphatic carbocycles. The number of methoxy groups -OCH3 is 2. The van der Waals surface area contributed by atoms with Crippen molar-refractivity contribution < 1.29 is 23.8 Å². The summed E-state index contributed by atoms with van der Waals surface area (Å²) in [5.74, 6) is -0.616. The van der Waals surface area contributed by atoms with Gasteiger partial charge in [0.15, 0.2) is 0 Å². The third-order valence-electron chi connectivity index (χ3n) is 4.77. The molecule has 0 N–H and O–H groups in total. The molecule has 1 aliphatic heterocycles. The molecule has 0 bridgehead atoms. The van der Waals surface area contributed by atoms with Crippen molar-refractivity contribution in [2.45, 2.75) is 27.0 Å². The first-order chi connectivity index (χ1) is 15.0. The number of carbonyl (C=O) groups is 2. The van der Waals surface area contributed by atoms with E-state index in [1.54, 1.807) is 47.5 Å². The van der Waals surface area contributed by atoms with Gasteiger partial charge in [-0.25, -0.2) is 9.59 Å². The quantitative estimate of drug-likeness (QED) is 0.632. The number of nitrogens with zero attached hydrogens (tertiary/aromatic N) is 3. The molecule has 31 heavy (non-hydrogen) atoms. The molecule has 3 rings (SSSR count). The number of aryl methyl sites for hydroxylation is 2. The van der Waals surface area contributed by atoms with E-state index in [9.17, 15) is 9.59 Å². The number of carbonyl (C=O) groups excluding carboxylic acids is 2. The molecule has 0 unspecified atom stereocenters. The Morgan fingerprint density at radius 3 is 2.35 bits per heavy atom. The number of rotatable bonds is 7. The summed E-state index contributed by atoms with van der Waals surface area (Å²) >= 11 is 0. The molecule has 0 spiro atoms. The predicted octanol–water partition coefficient (Wildman–Crippen LogP) is 3.28. The lowest BCUT2D eigenvalue weighted by Gasteiger charge is -2.23. The Balaban J connectivity index is 1.84. The van der Waals surface area contributed by atoms with Crippen LogP contribution in [0.15, 0.2) is 66.2 Å². The highest BCUT2D eigenvalue weighted by Crippen LogP contribution is 2.28. The van der Waals surface area contributed by atoms with Gasteiger partial charge in [-0.05, 0) is 50.3 Å². The maximum Gasteiger partial charge on any atom is 0.355 e. The van der Waals surface area contributed by atoms with E-state index < -0.39 is 11.9 Å². The summed E-state index contributed by atoms with van der Waals surface area (Å²) in [6.45, 7) is 5.19. The van der Waals surface area contributed by atoms with Crippen molar-refractivity contribution in [3.8, 4) is 5.75 Å². The van der Waals surface area contributed by atoms with Gasteiger partial charge in [0.2, 0.25) is 0 Å². The zero-order valence-electron chi connectivity index (χ0n) is 18.0. The van der Waals surface area contributed by atoms with Gasteiger partial charge in [0, 0.05) is 30.2 Å². The van der Waals surface area contributed by atoms with Crippen LogP contribution in [0.2, 0.25) is 0 Å². The number of aromatic nitrogens is 2. The van der Waals surface area contributed by atoms with Crippen LogP contribution in [0.4, 0.5) is 5.69 Å². The molecule has 2 aromatic rings. The van der Waals surface area contributed by atoms with E-state index in [0.29, 0.717) is 18.0 Å². The number of hydrogen-bond acceptors (Lipinski definition) is 7. The van der Waals surface area contributed by atoms with E-state index in [-0.39, 0.29) is 11.3 Å². The predicted molar refractivity (Wildman–Crippen MR) is 115 cm³/mol. The number of ether oxygens (including phenoxy) is 3. The summed E-state index contributed by atoms with van der Waals surface area (Å²) in [5, 5.41) is 4.42. The minimum absolute atomic E-state index is 0.0654. The minimum Gasteiger partial charge on any atom is -0.489 e. The summed E-state index contributed by atoms with van der Waals surface area (Å²) in [6, 6.07) is 7.19. The van der Waals surface area contributed by atoms with Crippen molar-refractivity contribution in [3.63, 3.8) is 0 Å². The van der Waals surface area contributed by atoms with Crippen LogP contribution in [0.3, 0.4) is 0 Å². The summed E-state index contributed by atoms with van der Waals surface area (Å²) in [5.41, 5.74) is 2.78. The third kappa shape index (κ3) is 4.85. The third-order valence-corrected chi connectivity index (χ3v) is 4.77. The zero-order valence-corrected chi connectivity index (χ0v) is 18.0. The molecule has 0 atom stereocenters. The van der Waals surface area contributed by atoms with Gasteiger partial charge in [-0.2, -0.15) is 5.10 Å². The average Bonchev–Trinajstić information content (AvgIpc) is 3.02. The van der Waals surface area contributed by atoms with Gasteiger partial charge in [0.25, 0.3) is 0 Å². The van der Waals surface area contributed by atoms with Crippen LogP contribution in [0.5, 0.6) is 5.75 Å². The van der Waals surface area contributed by atoms with Crippen molar-refractivity contribution in [2.24, 2.45) is 0 Å².